The van der Waals surface area contributed by atoms with E-state index >= 15 is 0 Å². The van der Waals surface area contributed by atoms with Gasteiger partial charge in [0.2, 0.25) is 0 Å². The average molecular weight is 175 g/mol. The molecule has 62 valence electrons. The molecule has 0 atom stereocenters. The van der Waals surface area contributed by atoms with Crippen LogP contribution < -0.4 is 11.1 Å². The monoisotopic (exact) mass is 175 g/mol. The van der Waals surface area contributed by atoms with Gasteiger partial charge in [-0.3, -0.25) is 0 Å². The maximum absolute atomic E-state index is 11.0. The summed E-state index contributed by atoms with van der Waals surface area (Å²) in [5.74, 6) is 0. The lowest BCUT2D eigenvalue weighted by Gasteiger charge is -1.99. The van der Waals surface area contributed by atoms with E-state index in [9.17, 15) is 8.42 Å². The predicted molar refractivity (Wildman–Crippen MR) is 42.6 cm³/mol. The van der Waals surface area contributed by atoms with Crippen LogP contribution in [0.4, 0.5) is 0 Å². The zero-order valence-corrected chi connectivity index (χ0v) is 6.85. The number of allylic oxidation sites excluding steroid dienone is 1. The minimum Gasteiger partial charge on any atom is -0.397 e. The minimum absolute atomic E-state index is 0.153. The highest BCUT2D eigenvalue weighted by molar-refractivity contribution is 7.94. The van der Waals surface area contributed by atoms with Gasteiger partial charge in [-0.15, -0.1) is 0 Å². The molecule has 0 amide bonds. The molecule has 0 aromatic rings. The van der Waals surface area contributed by atoms with Crippen LogP contribution in [0, 0.1) is 0 Å². The number of hydrogen-bond acceptors (Lipinski definition) is 4. The number of nitrogens with zero attached hydrogens (tertiary/aromatic N) is 1. The van der Waals surface area contributed by atoms with Crippen LogP contribution in [0.5, 0.6) is 0 Å². The van der Waals surface area contributed by atoms with Gasteiger partial charge in [0.05, 0.1) is 11.9 Å². The third-order valence-corrected chi connectivity index (χ3v) is 2.69. The van der Waals surface area contributed by atoms with E-state index in [0.29, 0.717) is 0 Å². The number of sulfonamides is 1. The molecule has 0 unspecified atom stereocenters. The van der Waals surface area contributed by atoms with Crippen molar-refractivity contribution in [2.75, 3.05) is 13.6 Å². The van der Waals surface area contributed by atoms with E-state index in [1.54, 1.807) is 7.05 Å². The van der Waals surface area contributed by atoms with Crippen molar-refractivity contribution in [3.05, 3.63) is 10.6 Å². The van der Waals surface area contributed by atoms with Crippen LogP contribution in [0.15, 0.2) is 15.0 Å². The SMILES string of the molecule is CNCC1=C(N)C=NS1(=O)=O. The van der Waals surface area contributed by atoms with Gasteiger partial charge in [0, 0.05) is 6.54 Å². The molecular weight excluding hydrogens is 166 g/mol. The topological polar surface area (TPSA) is 84.5 Å². The highest BCUT2D eigenvalue weighted by Crippen LogP contribution is 2.15. The molecule has 0 aromatic heterocycles. The molecule has 6 heteroatoms. The summed E-state index contributed by atoms with van der Waals surface area (Å²) in [6, 6.07) is 0. The number of hydrogen-bond donors (Lipinski definition) is 2. The average Bonchev–Trinajstić information content (AvgIpc) is 2.16. The van der Waals surface area contributed by atoms with Crippen molar-refractivity contribution < 1.29 is 8.42 Å². The lowest BCUT2D eigenvalue weighted by molar-refractivity contribution is 0.603. The summed E-state index contributed by atoms with van der Waals surface area (Å²) in [6.07, 6.45) is 1.15. The summed E-state index contributed by atoms with van der Waals surface area (Å²) in [7, 11) is -1.79. The molecule has 5 nitrogen and oxygen atoms in total. The summed E-state index contributed by atoms with van der Waals surface area (Å²) in [5.41, 5.74) is 5.57. The Morgan fingerprint density at radius 1 is 1.73 bits per heavy atom. The fraction of sp³-hybridized carbons (Fsp3) is 0.400. The maximum Gasteiger partial charge on any atom is 0.281 e. The van der Waals surface area contributed by atoms with Crippen molar-refractivity contribution >= 4 is 16.2 Å². The third kappa shape index (κ3) is 1.41. The van der Waals surface area contributed by atoms with Crippen molar-refractivity contribution in [1.29, 1.82) is 0 Å². The second kappa shape index (κ2) is 2.63. The van der Waals surface area contributed by atoms with E-state index < -0.39 is 10.0 Å². The van der Waals surface area contributed by atoms with Gasteiger partial charge in [0.15, 0.2) is 0 Å². The van der Waals surface area contributed by atoms with Crippen LogP contribution in [0.25, 0.3) is 0 Å². The van der Waals surface area contributed by atoms with E-state index in [0.717, 1.165) is 6.21 Å². The molecule has 1 aliphatic rings. The lowest BCUT2D eigenvalue weighted by atomic mass is 10.4. The van der Waals surface area contributed by atoms with Crippen LogP contribution in [-0.4, -0.2) is 28.2 Å². The van der Waals surface area contributed by atoms with Gasteiger partial charge >= 0.3 is 0 Å². The lowest BCUT2D eigenvalue weighted by Crippen LogP contribution is -2.17. The first kappa shape index (κ1) is 8.22. The summed E-state index contributed by atoms with van der Waals surface area (Å²) >= 11 is 0. The molecule has 11 heavy (non-hydrogen) atoms. The van der Waals surface area contributed by atoms with Gasteiger partial charge in [-0.25, -0.2) is 0 Å². The number of rotatable bonds is 2. The van der Waals surface area contributed by atoms with Gasteiger partial charge < -0.3 is 11.1 Å². The molecule has 0 saturated carbocycles. The summed E-state index contributed by atoms with van der Waals surface area (Å²) in [4.78, 5) is 0.153. The van der Waals surface area contributed by atoms with E-state index in [1.807, 2.05) is 0 Å². The Kier molecular flexibility index (Phi) is 1.97. The number of nitrogens with one attached hydrogen (secondary N) is 1. The third-order valence-electron chi connectivity index (χ3n) is 1.30. The van der Waals surface area contributed by atoms with E-state index in [-0.39, 0.29) is 17.1 Å². The first-order valence-corrected chi connectivity index (χ1v) is 4.45. The Bertz CT molecular complexity index is 315. The quantitative estimate of drug-likeness (QED) is 0.551. The Labute approximate surface area is 65.0 Å². The van der Waals surface area contributed by atoms with Crippen molar-refractivity contribution in [2.24, 2.45) is 10.1 Å². The number of nitrogens with two attached hydrogens (primary N) is 1. The largest absolute Gasteiger partial charge is 0.397 e. The van der Waals surface area contributed by atoms with Gasteiger partial charge in [0.25, 0.3) is 10.0 Å². The molecule has 0 bridgehead atoms. The predicted octanol–water partition coefficient (Wildman–Crippen LogP) is -1.21. The van der Waals surface area contributed by atoms with Crippen LogP contribution in [-0.2, 0) is 10.0 Å². The Morgan fingerprint density at radius 3 is 2.73 bits per heavy atom. The van der Waals surface area contributed by atoms with Gasteiger partial charge in [-0.05, 0) is 7.05 Å². The van der Waals surface area contributed by atoms with Crippen molar-refractivity contribution in [1.82, 2.24) is 5.32 Å². The van der Waals surface area contributed by atoms with Crippen molar-refractivity contribution in [3.8, 4) is 0 Å². The van der Waals surface area contributed by atoms with E-state index in [2.05, 4.69) is 9.71 Å². The molecule has 0 radical (unpaired) electrons. The second-order valence-electron chi connectivity index (χ2n) is 2.12. The standard InChI is InChI=1S/C5H9N3O2S/c1-7-3-5-4(6)2-8-11(5,9)10/h2,7H,3,6H2,1H3. The van der Waals surface area contributed by atoms with Crippen LogP contribution >= 0.6 is 0 Å². The Morgan fingerprint density at radius 2 is 2.36 bits per heavy atom. The second-order valence-corrected chi connectivity index (χ2v) is 3.77. The normalized spacial score (nSPS) is 21.2. The molecule has 1 heterocycles. The van der Waals surface area contributed by atoms with Gasteiger partial charge in [0.1, 0.15) is 4.91 Å². The highest BCUT2D eigenvalue weighted by Gasteiger charge is 2.23. The molecule has 0 spiro atoms. The minimum atomic E-state index is -3.44. The zero-order chi connectivity index (χ0) is 8.48. The zero-order valence-electron chi connectivity index (χ0n) is 6.03. The summed E-state index contributed by atoms with van der Waals surface area (Å²) in [5, 5.41) is 2.70. The maximum atomic E-state index is 11.0. The first-order valence-electron chi connectivity index (χ1n) is 3.01. The van der Waals surface area contributed by atoms with E-state index in [4.69, 9.17) is 5.73 Å². The molecule has 1 rings (SSSR count). The smallest absolute Gasteiger partial charge is 0.281 e. The van der Waals surface area contributed by atoms with Crippen LogP contribution in [0.3, 0.4) is 0 Å². The number of likely N-dealkylation sites (N-methyl/N-ethyl adjacent to an activating group) is 1. The summed E-state index contributed by atoms with van der Waals surface area (Å²) in [6.45, 7) is 0.230. The molecule has 0 aromatic carbocycles. The Balaban J connectivity index is 3.03. The molecule has 0 aliphatic carbocycles. The summed E-state index contributed by atoms with van der Waals surface area (Å²) < 4.78 is 25.2. The molecule has 0 fully saturated rings. The Hall–Kier alpha value is -0.880. The van der Waals surface area contributed by atoms with Gasteiger partial charge in [-0.2, -0.15) is 12.8 Å². The van der Waals surface area contributed by atoms with E-state index in [1.165, 1.54) is 0 Å². The van der Waals surface area contributed by atoms with Crippen LogP contribution in [0.1, 0.15) is 0 Å². The molecule has 0 saturated heterocycles. The fourth-order valence-electron chi connectivity index (χ4n) is 0.765. The van der Waals surface area contributed by atoms with Crippen LogP contribution in [0.2, 0.25) is 0 Å². The molecule has 1 aliphatic heterocycles. The first-order chi connectivity index (χ1) is 5.08. The molecular formula is C5H9N3O2S. The van der Waals surface area contributed by atoms with Crippen molar-refractivity contribution in [2.45, 2.75) is 0 Å². The van der Waals surface area contributed by atoms with Gasteiger partial charge in [-0.1, -0.05) is 0 Å². The fourth-order valence-corrected chi connectivity index (χ4v) is 1.82. The van der Waals surface area contributed by atoms with Crippen molar-refractivity contribution in [3.63, 3.8) is 0 Å². The molecule has 3 N–H and O–H groups in total. The highest BCUT2D eigenvalue weighted by atomic mass is 32.2.